The molecule has 0 aromatic rings. The number of ether oxygens (including phenoxy) is 4. The molecular weight excluding hydrogens is 301 g/mol. The molecule has 0 spiro atoms. The van der Waals surface area contributed by atoms with Crippen LogP contribution in [0.5, 0.6) is 0 Å². The summed E-state index contributed by atoms with van der Waals surface area (Å²) in [5.74, 6) is 6.40. The molecule has 0 aliphatic heterocycles. The fourth-order valence-electron chi connectivity index (χ4n) is 1.39. The van der Waals surface area contributed by atoms with Crippen molar-refractivity contribution in [1.29, 1.82) is 0 Å². The summed E-state index contributed by atoms with van der Waals surface area (Å²) >= 11 is 0. The lowest BCUT2D eigenvalue weighted by molar-refractivity contribution is 0.00178. The van der Waals surface area contributed by atoms with E-state index < -0.39 is 0 Å². The molecule has 1 N–H and O–H groups in total. The van der Waals surface area contributed by atoms with Crippen LogP contribution in [0.3, 0.4) is 0 Å². The van der Waals surface area contributed by atoms with E-state index in [1.54, 1.807) is 0 Å². The number of hydrogen-bond acceptors (Lipinski definition) is 5. The molecule has 130 valence electrons. The predicted molar refractivity (Wildman–Crippen MR) is 93.0 cm³/mol. The molecule has 1 unspecified atom stereocenters. The lowest BCUT2D eigenvalue weighted by atomic mass is 10.2. The Labute approximate surface area is 137 Å². The third kappa shape index (κ3) is 19.8. The fraction of sp³-hybridized carbons (Fsp3) is 0.875. The Kier molecular flexibility index (Phi) is 18.7. The number of hydrogen-bond donors (Lipinski definition) is 1. The van der Waals surface area contributed by atoms with E-state index in [1.807, 2.05) is 0 Å². The summed E-state index contributed by atoms with van der Waals surface area (Å²) in [4.78, 5) is 0. The minimum absolute atomic E-state index is 0.397. The molecule has 0 fully saturated rings. The molecule has 1 atom stereocenters. The van der Waals surface area contributed by atoms with Gasteiger partial charge in [-0.1, -0.05) is 25.7 Å². The predicted octanol–water partition coefficient (Wildman–Crippen LogP) is 1.57. The van der Waals surface area contributed by atoms with Crippen molar-refractivity contribution in [3.63, 3.8) is 0 Å². The van der Waals surface area contributed by atoms with Crippen LogP contribution in [0, 0.1) is 17.8 Å². The van der Waals surface area contributed by atoms with Gasteiger partial charge in [-0.25, -0.2) is 0 Å². The second kappa shape index (κ2) is 18.8. The van der Waals surface area contributed by atoms with Gasteiger partial charge < -0.3 is 24.3 Å². The van der Waals surface area contributed by atoms with Crippen molar-refractivity contribution in [3.05, 3.63) is 0 Å². The average Bonchev–Trinajstić information content (AvgIpc) is 2.50. The SMILES string of the molecule is CPCNCCOCCOCCOCCOCC#CC(C)C. The maximum Gasteiger partial charge on any atom is 0.107 e. The van der Waals surface area contributed by atoms with E-state index in [9.17, 15) is 0 Å². The first-order valence-corrected chi connectivity index (χ1v) is 9.62. The Balaban J connectivity index is 3.02. The summed E-state index contributed by atoms with van der Waals surface area (Å²) in [6.45, 7) is 12.0. The van der Waals surface area contributed by atoms with Crippen LogP contribution in [0.25, 0.3) is 0 Å². The van der Waals surface area contributed by atoms with Crippen molar-refractivity contribution in [2.75, 3.05) is 72.4 Å². The first-order valence-electron chi connectivity index (χ1n) is 7.92. The Bertz CT molecular complexity index is 279. The van der Waals surface area contributed by atoms with Crippen molar-refractivity contribution in [2.24, 2.45) is 5.92 Å². The molecule has 0 heterocycles. The van der Waals surface area contributed by atoms with Gasteiger partial charge in [0.15, 0.2) is 0 Å². The van der Waals surface area contributed by atoms with E-state index in [-0.39, 0.29) is 0 Å². The van der Waals surface area contributed by atoms with Gasteiger partial charge in [0, 0.05) is 18.7 Å². The minimum atomic E-state index is 0.397. The molecule has 5 nitrogen and oxygen atoms in total. The van der Waals surface area contributed by atoms with Gasteiger partial charge >= 0.3 is 0 Å². The summed E-state index contributed by atoms with van der Waals surface area (Å²) in [6.07, 6.45) is 1.07. The average molecular weight is 333 g/mol. The summed E-state index contributed by atoms with van der Waals surface area (Å²) in [6, 6.07) is 0. The van der Waals surface area contributed by atoms with Crippen molar-refractivity contribution >= 4 is 8.58 Å². The van der Waals surface area contributed by atoms with Crippen molar-refractivity contribution < 1.29 is 18.9 Å². The minimum Gasteiger partial charge on any atom is -0.378 e. The number of rotatable bonds is 15. The molecule has 0 radical (unpaired) electrons. The van der Waals surface area contributed by atoms with Crippen molar-refractivity contribution in [1.82, 2.24) is 5.32 Å². The third-order valence-corrected chi connectivity index (χ3v) is 3.01. The Hall–Kier alpha value is -0.210. The first-order chi connectivity index (χ1) is 10.8. The van der Waals surface area contributed by atoms with Gasteiger partial charge in [0.2, 0.25) is 0 Å². The van der Waals surface area contributed by atoms with E-state index >= 15 is 0 Å². The molecule has 0 aromatic heterocycles. The van der Waals surface area contributed by atoms with Crippen molar-refractivity contribution in [2.45, 2.75) is 13.8 Å². The van der Waals surface area contributed by atoms with Crippen LogP contribution >= 0.6 is 8.58 Å². The Morgan fingerprint density at radius 2 is 1.41 bits per heavy atom. The molecule has 0 bridgehead atoms. The molecule has 0 saturated carbocycles. The lowest BCUT2D eigenvalue weighted by Crippen LogP contribution is -2.19. The zero-order valence-electron chi connectivity index (χ0n) is 14.3. The second-order valence-electron chi connectivity index (χ2n) is 4.90. The lowest BCUT2D eigenvalue weighted by Gasteiger charge is -2.07. The normalized spacial score (nSPS) is 11.3. The van der Waals surface area contributed by atoms with Crippen molar-refractivity contribution in [3.8, 4) is 11.8 Å². The van der Waals surface area contributed by atoms with Crippen LogP contribution in [0.2, 0.25) is 0 Å². The van der Waals surface area contributed by atoms with Crippen LogP contribution in [0.1, 0.15) is 13.8 Å². The van der Waals surface area contributed by atoms with Crippen LogP contribution in [-0.4, -0.2) is 72.4 Å². The molecule has 0 amide bonds. The Morgan fingerprint density at radius 1 is 0.864 bits per heavy atom. The van der Waals surface area contributed by atoms with Gasteiger partial charge in [-0.05, 0) is 6.66 Å². The number of nitrogens with one attached hydrogen (secondary N) is 1. The summed E-state index contributed by atoms with van der Waals surface area (Å²) < 4.78 is 21.5. The van der Waals surface area contributed by atoms with Gasteiger partial charge in [-0.3, -0.25) is 0 Å². The van der Waals surface area contributed by atoms with Crippen LogP contribution in [0.15, 0.2) is 0 Å². The van der Waals surface area contributed by atoms with Gasteiger partial charge in [0.05, 0.1) is 46.2 Å². The standard InChI is InChI=1S/C16H32NO4P/c1-16(2)5-4-7-18-9-11-20-13-14-21-12-10-19-8-6-17-15-22-3/h16-17,22H,6-15H2,1-3H3. The highest BCUT2D eigenvalue weighted by Crippen LogP contribution is 1.94. The van der Waals surface area contributed by atoms with E-state index in [4.69, 9.17) is 18.9 Å². The molecule has 6 heteroatoms. The molecular formula is C16H32NO4P. The molecule has 0 aromatic carbocycles. The van der Waals surface area contributed by atoms with E-state index in [1.165, 1.54) is 0 Å². The maximum absolute atomic E-state index is 5.42. The van der Waals surface area contributed by atoms with E-state index in [0.717, 1.165) is 28.0 Å². The van der Waals surface area contributed by atoms with Gasteiger partial charge in [0.25, 0.3) is 0 Å². The van der Waals surface area contributed by atoms with Crippen LogP contribution < -0.4 is 5.32 Å². The molecule has 0 rings (SSSR count). The maximum atomic E-state index is 5.42. The topological polar surface area (TPSA) is 49.0 Å². The van der Waals surface area contributed by atoms with Crippen LogP contribution in [0.4, 0.5) is 0 Å². The Morgan fingerprint density at radius 3 is 1.95 bits per heavy atom. The third-order valence-electron chi connectivity index (χ3n) is 2.41. The van der Waals surface area contributed by atoms with Gasteiger partial charge in [-0.2, -0.15) is 0 Å². The summed E-state index contributed by atoms with van der Waals surface area (Å²) in [7, 11) is 0.947. The molecule has 0 aliphatic carbocycles. The van der Waals surface area contributed by atoms with E-state index in [2.05, 4.69) is 37.7 Å². The van der Waals surface area contributed by atoms with Gasteiger partial charge in [0.1, 0.15) is 6.61 Å². The summed E-state index contributed by atoms with van der Waals surface area (Å²) in [5, 5.41) is 3.29. The van der Waals surface area contributed by atoms with Crippen LogP contribution in [-0.2, 0) is 18.9 Å². The highest BCUT2D eigenvalue weighted by Gasteiger charge is 1.92. The molecule has 0 saturated heterocycles. The quantitative estimate of drug-likeness (QED) is 0.280. The first kappa shape index (κ1) is 21.8. The highest BCUT2D eigenvalue weighted by molar-refractivity contribution is 7.36. The molecule has 22 heavy (non-hydrogen) atoms. The highest BCUT2D eigenvalue weighted by atomic mass is 31.1. The smallest absolute Gasteiger partial charge is 0.107 e. The van der Waals surface area contributed by atoms with E-state index in [0.29, 0.717) is 52.2 Å². The monoisotopic (exact) mass is 333 g/mol. The zero-order valence-corrected chi connectivity index (χ0v) is 15.3. The zero-order chi connectivity index (χ0) is 16.3. The molecule has 0 aliphatic rings. The largest absolute Gasteiger partial charge is 0.378 e. The fourth-order valence-corrected chi connectivity index (χ4v) is 1.81. The second-order valence-corrected chi connectivity index (χ2v) is 5.96. The van der Waals surface area contributed by atoms with Gasteiger partial charge in [-0.15, -0.1) is 8.58 Å². The summed E-state index contributed by atoms with van der Waals surface area (Å²) in [5.41, 5.74) is 0.